The third-order valence-electron chi connectivity index (χ3n) is 1.29. The Morgan fingerprint density at radius 2 is 2.00 bits per heavy atom. The zero-order valence-electron chi connectivity index (χ0n) is 5.61. The summed E-state index contributed by atoms with van der Waals surface area (Å²) in [5.74, 6) is -1.38. The number of alkyl halides is 2. The standard InChI is InChI=1S/C7H2F3O2/c8-4-1-2-5-6(3-4)12-7(9,10)11-5/h1-2H. The van der Waals surface area contributed by atoms with E-state index in [4.69, 9.17) is 0 Å². The molecule has 63 valence electrons. The van der Waals surface area contributed by atoms with Gasteiger partial charge in [-0.2, -0.15) is 0 Å². The average Bonchev–Trinajstić information content (AvgIpc) is 2.21. The molecule has 1 aliphatic rings. The fourth-order valence-corrected chi connectivity index (χ4v) is 0.860. The molecule has 1 radical (unpaired) electrons. The Kier molecular flexibility index (Phi) is 1.25. The Morgan fingerprint density at radius 3 is 2.75 bits per heavy atom. The highest BCUT2D eigenvalue weighted by Crippen LogP contribution is 2.40. The van der Waals surface area contributed by atoms with E-state index >= 15 is 0 Å². The first-order valence-electron chi connectivity index (χ1n) is 3.04. The van der Waals surface area contributed by atoms with Crippen LogP contribution in [0.2, 0.25) is 0 Å². The highest BCUT2D eigenvalue weighted by molar-refractivity contribution is 5.41. The van der Waals surface area contributed by atoms with Crippen LogP contribution in [0.4, 0.5) is 13.2 Å². The average molecular weight is 175 g/mol. The van der Waals surface area contributed by atoms with E-state index in [1.54, 1.807) is 0 Å². The van der Waals surface area contributed by atoms with Gasteiger partial charge in [0, 0.05) is 0 Å². The van der Waals surface area contributed by atoms with E-state index in [-0.39, 0.29) is 5.75 Å². The molecule has 1 aromatic carbocycles. The van der Waals surface area contributed by atoms with Gasteiger partial charge in [-0.15, -0.1) is 8.78 Å². The molecule has 2 nitrogen and oxygen atoms in total. The summed E-state index contributed by atoms with van der Waals surface area (Å²) in [4.78, 5) is 0. The highest BCUT2D eigenvalue weighted by Gasteiger charge is 2.43. The Labute approximate surface area is 65.5 Å². The number of hydrogen-bond acceptors (Lipinski definition) is 2. The van der Waals surface area contributed by atoms with Gasteiger partial charge >= 0.3 is 6.29 Å². The Bertz CT molecular complexity index is 324. The van der Waals surface area contributed by atoms with Crippen molar-refractivity contribution < 1.29 is 22.6 Å². The fraction of sp³-hybridized carbons (Fsp3) is 0.143. The number of ether oxygens (including phenoxy) is 2. The molecule has 0 spiro atoms. The van der Waals surface area contributed by atoms with E-state index in [1.807, 2.05) is 6.07 Å². The molecule has 0 N–H and O–H groups in total. The maximum absolute atomic E-state index is 12.4. The van der Waals surface area contributed by atoms with E-state index < -0.39 is 17.9 Å². The van der Waals surface area contributed by atoms with Crippen LogP contribution in [0.3, 0.4) is 0 Å². The van der Waals surface area contributed by atoms with Crippen molar-refractivity contribution >= 4 is 0 Å². The van der Waals surface area contributed by atoms with Gasteiger partial charge < -0.3 is 9.47 Å². The van der Waals surface area contributed by atoms with E-state index in [9.17, 15) is 13.2 Å². The van der Waals surface area contributed by atoms with Crippen molar-refractivity contribution in [1.82, 2.24) is 0 Å². The molecule has 0 aromatic heterocycles. The van der Waals surface area contributed by atoms with Crippen LogP contribution in [0.25, 0.3) is 0 Å². The molecule has 5 heteroatoms. The van der Waals surface area contributed by atoms with Gasteiger partial charge in [0.25, 0.3) is 0 Å². The molecular formula is C7H2F3O2. The van der Waals surface area contributed by atoms with Gasteiger partial charge in [-0.3, -0.25) is 0 Å². The van der Waals surface area contributed by atoms with Gasteiger partial charge in [0.1, 0.15) is 5.82 Å². The molecule has 0 saturated carbocycles. The minimum absolute atomic E-state index is 0.207. The summed E-state index contributed by atoms with van der Waals surface area (Å²) in [6.45, 7) is 0. The molecule has 1 heterocycles. The van der Waals surface area contributed by atoms with E-state index in [2.05, 4.69) is 9.47 Å². The molecule has 0 saturated heterocycles. The minimum atomic E-state index is -3.70. The maximum Gasteiger partial charge on any atom is 0.586 e. The molecule has 2 rings (SSSR count). The lowest BCUT2D eigenvalue weighted by atomic mass is 10.3. The first kappa shape index (κ1) is 7.27. The summed E-state index contributed by atoms with van der Waals surface area (Å²) < 4.78 is 44.9. The number of rotatable bonds is 0. The first-order chi connectivity index (χ1) is 5.57. The summed E-state index contributed by atoms with van der Waals surface area (Å²) in [5.41, 5.74) is 0. The van der Waals surface area contributed by atoms with Gasteiger partial charge in [-0.1, -0.05) is 0 Å². The van der Waals surface area contributed by atoms with Crippen molar-refractivity contribution in [3.8, 4) is 11.5 Å². The van der Waals surface area contributed by atoms with Crippen LogP contribution in [0, 0.1) is 11.9 Å². The number of fused-ring (bicyclic) bond motifs is 1. The van der Waals surface area contributed by atoms with Gasteiger partial charge in [0.05, 0.1) is 6.07 Å². The van der Waals surface area contributed by atoms with Gasteiger partial charge in [0.2, 0.25) is 0 Å². The molecule has 0 fully saturated rings. The lowest BCUT2D eigenvalue weighted by Gasteiger charge is -2.04. The van der Waals surface area contributed by atoms with Crippen LogP contribution in [0.1, 0.15) is 0 Å². The van der Waals surface area contributed by atoms with Crippen LogP contribution in [0.15, 0.2) is 12.1 Å². The molecule has 1 aliphatic heterocycles. The highest BCUT2D eigenvalue weighted by atomic mass is 19.3. The SMILES string of the molecule is Fc1[c]c2c(cc1)OC(F)(F)O2. The third-order valence-corrected chi connectivity index (χ3v) is 1.29. The summed E-state index contributed by atoms with van der Waals surface area (Å²) in [6, 6.07) is 3.97. The second kappa shape index (κ2) is 2.06. The summed E-state index contributed by atoms with van der Waals surface area (Å²) in [7, 11) is 0. The maximum atomic E-state index is 12.4. The van der Waals surface area contributed by atoms with E-state index in [0.717, 1.165) is 12.1 Å². The van der Waals surface area contributed by atoms with Crippen molar-refractivity contribution in [2.24, 2.45) is 0 Å². The quantitative estimate of drug-likeness (QED) is 0.599. The monoisotopic (exact) mass is 175 g/mol. The summed E-state index contributed by atoms with van der Waals surface area (Å²) in [5, 5.41) is 0. The summed E-state index contributed by atoms with van der Waals surface area (Å²) in [6.07, 6.45) is -3.70. The molecule has 1 aromatic rings. The zero-order valence-corrected chi connectivity index (χ0v) is 5.61. The Balaban J connectivity index is 2.43. The van der Waals surface area contributed by atoms with E-state index in [0.29, 0.717) is 0 Å². The van der Waals surface area contributed by atoms with Crippen molar-refractivity contribution in [3.05, 3.63) is 24.0 Å². The molecule has 12 heavy (non-hydrogen) atoms. The molecule has 0 atom stereocenters. The molecule has 0 bridgehead atoms. The van der Waals surface area contributed by atoms with Crippen LogP contribution in [-0.4, -0.2) is 6.29 Å². The molecule has 0 amide bonds. The lowest BCUT2D eigenvalue weighted by Crippen LogP contribution is -2.25. The topological polar surface area (TPSA) is 18.5 Å². The molecule has 0 unspecified atom stereocenters. The Morgan fingerprint density at radius 1 is 1.25 bits per heavy atom. The van der Waals surface area contributed by atoms with E-state index in [1.165, 1.54) is 0 Å². The predicted molar refractivity (Wildman–Crippen MR) is 31.4 cm³/mol. The van der Waals surface area contributed by atoms with Crippen molar-refractivity contribution in [2.45, 2.75) is 6.29 Å². The summed E-state index contributed by atoms with van der Waals surface area (Å²) >= 11 is 0. The number of halogens is 3. The van der Waals surface area contributed by atoms with Crippen LogP contribution < -0.4 is 9.47 Å². The van der Waals surface area contributed by atoms with Crippen LogP contribution in [-0.2, 0) is 0 Å². The largest absolute Gasteiger partial charge is 0.586 e. The third kappa shape index (κ3) is 1.07. The molecule has 0 aliphatic carbocycles. The second-order valence-corrected chi connectivity index (χ2v) is 2.17. The molecular weight excluding hydrogens is 173 g/mol. The van der Waals surface area contributed by atoms with Crippen molar-refractivity contribution in [3.63, 3.8) is 0 Å². The zero-order chi connectivity index (χ0) is 8.77. The Hall–Kier alpha value is -1.39. The van der Waals surface area contributed by atoms with Crippen molar-refractivity contribution in [1.29, 1.82) is 0 Å². The van der Waals surface area contributed by atoms with Gasteiger partial charge in [-0.05, 0) is 12.1 Å². The lowest BCUT2D eigenvalue weighted by molar-refractivity contribution is -0.286. The van der Waals surface area contributed by atoms with Crippen LogP contribution in [0.5, 0.6) is 11.5 Å². The normalized spacial score (nSPS) is 17.9. The fourth-order valence-electron chi connectivity index (χ4n) is 0.860. The number of benzene rings is 1. The van der Waals surface area contributed by atoms with Crippen LogP contribution >= 0.6 is 0 Å². The number of hydrogen-bond donors (Lipinski definition) is 0. The predicted octanol–water partition coefficient (Wildman–Crippen LogP) is 1.95. The smallest absolute Gasteiger partial charge is 0.395 e. The minimum Gasteiger partial charge on any atom is -0.395 e. The first-order valence-corrected chi connectivity index (χ1v) is 3.04. The van der Waals surface area contributed by atoms with Gasteiger partial charge in [-0.25, -0.2) is 4.39 Å². The van der Waals surface area contributed by atoms with Gasteiger partial charge in [0.15, 0.2) is 11.5 Å². The second-order valence-electron chi connectivity index (χ2n) is 2.17. The van der Waals surface area contributed by atoms with Crippen molar-refractivity contribution in [2.75, 3.05) is 0 Å².